The number of ether oxygens (including phenoxy) is 5. The van der Waals surface area contributed by atoms with Gasteiger partial charge in [-0.25, -0.2) is 13.2 Å². The molecule has 0 bridgehead atoms. The van der Waals surface area contributed by atoms with Crippen molar-refractivity contribution in [2.45, 2.75) is 116 Å². The average Bonchev–Trinajstić information content (AvgIpc) is 3.73. The summed E-state index contributed by atoms with van der Waals surface area (Å²) in [4.78, 5) is 43.6. The highest BCUT2D eigenvalue weighted by Gasteiger charge is 2.48. The summed E-state index contributed by atoms with van der Waals surface area (Å²) in [7, 11) is -3.16. The van der Waals surface area contributed by atoms with Crippen LogP contribution in [0.1, 0.15) is 117 Å². The summed E-state index contributed by atoms with van der Waals surface area (Å²) in [6, 6.07) is 8.92. The van der Waals surface area contributed by atoms with Crippen molar-refractivity contribution in [3.63, 3.8) is 0 Å². The van der Waals surface area contributed by atoms with E-state index in [1.807, 2.05) is 31.2 Å². The van der Waals surface area contributed by atoms with Gasteiger partial charge in [-0.3, -0.25) is 9.59 Å². The standard InChI is InChI=1S/C54H71N3O12S/c1-10-56-45-36-46-42(35-41(45)38(2)37-53(56,6)7)39(33-48(68-46)52(3,4)5)17-13-11-14-18-47-54(8,24-26-65-29-30-67-32-31-66-28-27-64-9)43-34-40(70(61,62)63)20-21-44(43)55(47)25-16-12-15-19-51(60)69-57-49(58)22-23-50(57)59/h11,13-14,17-18,20-21,33-37H,10,12,15-16,19,22-32H2,1-9H3. The first-order chi connectivity index (χ1) is 33.2. The van der Waals surface area contributed by atoms with Crippen molar-refractivity contribution in [3.8, 4) is 5.75 Å². The second-order valence-corrected chi connectivity index (χ2v) is 21.1. The van der Waals surface area contributed by atoms with Gasteiger partial charge < -0.3 is 38.0 Å². The molecule has 4 aliphatic rings. The number of hydrogen-bond donors (Lipinski definition) is 0. The summed E-state index contributed by atoms with van der Waals surface area (Å²) in [5, 5.41) is 0.560. The maximum absolute atomic E-state index is 12.6. The van der Waals surface area contributed by atoms with Gasteiger partial charge in [0.05, 0.1) is 55.5 Å². The van der Waals surface area contributed by atoms with E-state index in [1.54, 1.807) is 13.2 Å². The second kappa shape index (κ2) is 23.3. The van der Waals surface area contributed by atoms with Crippen molar-refractivity contribution < 1.29 is 60.5 Å². The van der Waals surface area contributed by atoms with Gasteiger partial charge in [-0.05, 0) is 89.3 Å². The lowest BCUT2D eigenvalue weighted by Gasteiger charge is -2.43. The minimum Gasteiger partial charge on any atom is -0.744 e. The normalized spacial score (nSPS) is 19.5. The molecule has 2 amide bonds. The molecule has 1 unspecified atom stereocenters. The summed E-state index contributed by atoms with van der Waals surface area (Å²) in [5.41, 5.74) is 6.68. The number of benzene rings is 2. The zero-order chi connectivity index (χ0) is 50.9. The van der Waals surface area contributed by atoms with E-state index in [9.17, 15) is 27.4 Å². The molecule has 2 aromatic rings. The molecule has 0 spiro atoms. The number of likely N-dealkylation sites (N-methyl/N-ethyl adjacent to an activating group) is 1. The van der Waals surface area contributed by atoms with Gasteiger partial charge >= 0.3 is 5.97 Å². The Morgan fingerprint density at radius 3 is 2.20 bits per heavy atom. The Kier molecular flexibility index (Phi) is 18.0. The van der Waals surface area contributed by atoms with Crippen LogP contribution in [0.4, 0.5) is 11.4 Å². The number of allylic oxidation sites excluding steroid dienone is 9. The van der Waals surface area contributed by atoms with Gasteiger partial charge in [0.2, 0.25) is 5.69 Å². The van der Waals surface area contributed by atoms with Crippen molar-refractivity contribution in [2.75, 3.05) is 71.3 Å². The number of fused-ring (bicyclic) bond motifs is 3. The predicted octanol–water partition coefficient (Wildman–Crippen LogP) is 8.74. The van der Waals surface area contributed by atoms with Crippen molar-refractivity contribution in [1.29, 1.82) is 0 Å². The number of methoxy groups -OCH3 is 1. The molecule has 0 radical (unpaired) electrons. The van der Waals surface area contributed by atoms with Crippen molar-refractivity contribution in [1.82, 2.24) is 5.06 Å². The van der Waals surface area contributed by atoms with Crippen LogP contribution in [0.25, 0.3) is 11.1 Å². The van der Waals surface area contributed by atoms with Crippen LogP contribution in [0.3, 0.4) is 0 Å². The van der Waals surface area contributed by atoms with E-state index in [4.69, 9.17) is 28.5 Å². The molecule has 2 aromatic carbocycles. The lowest BCUT2D eigenvalue weighted by Crippen LogP contribution is -2.45. The molecule has 0 aromatic heterocycles. The topological polar surface area (TPSA) is 173 Å². The number of nitrogens with zero attached hydrogens (tertiary/aromatic N) is 3. The van der Waals surface area contributed by atoms with Gasteiger partial charge in [0.1, 0.15) is 28.2 Å². The molecule has 4 heterocycles. The molecule has 380 valence electrons. The molecule has 0 aliphatic carbocycles. The molecular formula is C54H71N3O12S. The smallest absolute Gasteiger partial charge is 0.333 e. The Morgan fingerprint density at radius 2 is 1.56 bits per heavy atom. The second-order valence-electron chi connectivity index (χ2n) is 19.8. The quantitative estimate of drug-likeness (QED) is 0.0322. The van der Waals surface area contributed by atoms with Crippen LogP contribution in [0, 0.1) is 5.41 Å². The number of unbranched alkanes of at least 4 members (excludes halogenated alkanes) is 2. The van der Waals surface area contributed by atoms with Crippen LogP contribution in [0.15, 0.2) is 83.5 Å². The summed E-state index contributed by atoms with van der Waals surface area (Å²) in [6.45, 7) is 21.4. The fourth-order valence-corrected chi connectivity index (χ4v) is 9.91. The Balaban J connectivity index is 1.28. The number of rotatable bonds is 24. The molecule has 15 nitrogen and oxygen atoms in total. The third-order valence-corrected chi connectivity index (χ3v) is 13.9. The first kappa shape index (κ1) is 54.1. The molecule has 1 saturated heterocycles. The molecule has 0 saturated carbocycles. The number of amides is 2. The Hall–Kier alpha value is -5.23. The first-order valence-corrected chi connectivity index (χ1v) is 25.8. The van der Waals surface area contributed by atoms with Gasteiger partial charge in [-0.2, -0.15) is 4.58 Å². The predicted molar refractivity (Wildman–Crippen MR) is 268 cm³/mol. The summed E-state index contributed by atoms with van der Waals surface area (Å²) in [6.07, 6.45) is 16.7. The number of carbonyl (C=O) groups is 3. The van der Waals surface area contributed by atoms with Crippen LogP contribution in [-0.4, -0.2) is 118 Å². The third kappa shape index (κ3) is 13.0. The maximum atomic E-state index is 12.6. The van der Waals surface area contributed by atoms with E-state index in [1.165, 1.54) is 23.3 Å². The molecule has 16 heteroatoms. The zero-order valence-corrected chi connectivity index (χ0v) is 43.2. The van der Waals surface area contributed by atoms with Gasteiger partial charge in [-0.15, -0.1) is 5.06 Å². The van der Waals surface area contributed by atoms with E-state index in [0.29, 0.717) is 89.1 Å². The number of hydroxylamine groups is 2. The average molecular weight is 986 g/mol. The van der Waals surface area contributed by atoms with Gasteiger partial charge in [-0.1, -0.05) is 51.2 Å². The van der Waals surface area contributed by atoms with E-state index in [2.05, 4.69) is 88.3 Å². The number of carbonyl (C=O) groups excluding carboxylic acids is 3. The molecule has 70 heavy (non-hydrogen) atoms. The van der Waals surface area contributed by atoms with E-state index in [-0.39, 0.29) is 35.1 Å². The molecule has 1 fully saturated rings. The fraction of sp³-hybridized carbons (Fsp3) is 0.519. The Morgan fingerprint density at radius 1 is 0.886 bits per heavy atom. The largest absolute Gasteiger partial charge is 0.744 e. The van der Waals surface area contributed by atoms with Crippen LogP contribution in [0.2, 0.25) is 0 Å². The van der Waals surface area contributed by atoms with Crippen LogP contribution < -0.4 is 9.64 Å². The minimum absolute atomic E-state index is 0.0198. The molecule has 4 aliphatic heterocycles. The van der Waals surface area contributed by atoms with Crippen LogP contribution in [0.5, 0.6) is 5.75 Å². The summed E-state index contributed by atoms with van der Waals surface area (Å²) in [5.74, 6) is -0.0334. The van der Waals surface area contributed by atoms with E-state index < -0.39 is 33.3 Å². The number of hydrogen-bond acceptors (Lipinski definition) is 13. The maximum Gasteiger partial charge on any atom is 0.333 e. The minimum atomic E-state index is -4.78. The van der Waals surface area contributed by atoms with Crippen molar-refractivity contribution >= 4 is 56.1 Å². The lowest BCUT2D eigenvalue weighted by molar-refractivity contribution is -0.438. The highest BCUT2D eigenvalue weighted by molar-refractivity contribution is 7.85. The summed E-state index contributed by atoms with van der Waals surface area (Å²) >= 11 is 0. The summed E-state index contributed by atoms with van der Waals surface area (Å²) < 4.78 is 68.3. The van der Waals surface area contributed by atoms with Crippen molar-refractivity contribution in [3.05, 3.63) is 95.3 Å². The highest BCUT2D eigenvalue weighted by Crippen LogP contribution is 2.48. The SMILES string of the molecule is CCN1c2cc3c(cc2C(C)=CC1(C)C)/C(=C/C=C/C=C/C1=[N+](CCCCCC(=O)ON2C(=O)CCC2=O)c2ccc(S(=O)(=O)[O-])cc2C1(C)CCOCCOCCOCCOC)C=C(C(C)(C)C)O3. The first-order valence-electron chi connectivity index (χ1n) is 24.3. The molecule has 6 rings (SSSR count). The Bertz CT molecular complexity index is 2570. The highest BCUT2D eigenvalue weighted by atomic mass is 32.2. The van der Waals surface area contributed by atoms with Crippen LogP contribution >= 0.6 is 0 Å². The third-order valence-electron chi connectivity index (χ3n) is 13.1. The van der Waals surface area contributed by atoms with E-state index in [0.717, 1.165) is 46.3 Å². The van der Waals surface area contributed by atoms with Crippen molar-refractivity contribution in [2.24, 2.45) is 5.41 Å². The lowest BCUT2D eigenvalue weighted by atomic mass is 9.76. The fourth-order valence-electron chi connectivity index (χ4n) is 9.41. The number of imide groups is 1. The molecular weight excluding hydrogens is 915 g/mol. The van der Waals surface area contributed by atoms with Gasteiger partial charge in [0.15, 0.2) is 5.71 Å². The van der Waals surface area contributed by atoms with Crippen LogP contribution in [-0.2, 0) is 53.7 Å². The number of anilines is 1. The monoisotopic (exact) mass is 985 g/mol. The van der Waals surface area contributed by atoms with Gasteiger partial charge in [0, 0.05) is 91.9 Å². The molecule has 1 atom stereocenters. The van der Waals surface area contributed by atoms with E-state index >= 15 is 0 Å². The molecule has 0 N–H and O–H groups in total. The van der Waals surface area contributed by atoms with Gasteiger partial charge in [0.25, 0.3) is 11.8 Å². The zero-order valence-electron chi connectivity index (χ0n) is 42.4. The Labute approximate surface area is 414 Å².